The lowest BCUT2D eigenvalue weighted by Crippen LogP contribution is -1.98. The maximum absolute atomic E-state index is 8.99. The summed E-state index contributed by atoms with van der Waals surface area (Å²) in [6.45, 7) is 0.415. The molecular formula is C14H11BrN2O. The first-order chi connectivity index (χ1) is 8.69. The van der Waals surface area contributed by atoms with E-state index in [-0.39, 0.29) is 0 Å². The Morgan fingerprint density at radius 1 is 1.22 bits per heavy atom. The largest absolute Gasteiger partial charge is 0.488 e. The molecule has 0 aromatic heterocycles. The maximum Gasteiger partial charge on any atom is 0.137 e. The number of nitrogen functional groups attached to an aromatic ring is 1. The van der Waals surface area contributed by atoms with Crippen LogP contribution >= 0.6 is 15.9 Å². The number of rotatable bonds is 3. The van der Waals surface area contributed by atoms with Crippen molar-refractivity contribution in [3.05, 3.63) is 58.1 Å². The van der Waals surface area contributed by atoms with Gasteiger partial charge in [-0.3, -0.25) is 0 Å². The van der Waals surface area contributed by atoms with Gasteiger partial charge in [0.25, 0.3) is 0 Å². The van der Waals surface area contributed by atoms with Crippen LogP contribution in [0.3, 0.4) is 0 Å². The van der Waals surface area contributed by atoms with Crippen molar-refractivity contribution in [2.45, 2.75) is 6.61 Å². The Morgan fingerprint density at radius 2 is 2.06 bits per heavy atom. The molecule has 4 heteroatoms. The highest BCUT2D eigenvalue weighted by Gasteiger charge is 2.04. The smallest absolute Gasteiger partial charge is 0.137 e. The third-order valence-electron chi connectivity index (χ3n) is 2.41. The average molecular weight is 303 g/mol. The highest BCUT2D eigenvalue weighted by atomic mass is 79.9. The van der Waals surface area contributed by atoms with E-state index < -0.39 is 0 Å². The van der Waals surface area contributed by atoms with Gasteiger partial charge in [-0.1, -0.05) is 28.1 Å². The number of nitrogens with two attached hydrogens (primary N) is 1. The minimum atomic E-state index is 0.415. The second-order valence-electron chi connectivity index (χ2n) is 3.79. The van der Waals surface area contributed by atoms with E-state index in [9.17, 15) is 0 Å². The Bertz CT molecular complexity index is 605. The van der Waals surface area contributed by atoms with Gasteiger partial charge >= 0.3 is 0 Å². The molecule has 2 aromatic carbocycles. The average Bonchev–Trinajstić information content (AvgIpc) is 2.37. The van der Waals surface area contributed by atoms with Crippen LogP contribution in [0.4, 0.5) is 5.69 Å². The molecule has 90 valence electrons. The molecule has 0 aliphatic rings. The summed E-state index contributed by atoms with van der Waals surface area (Å²) in [5.74, 6) is 0.548. The second kappa shape index (κ2) is 5.56. The molecule has 2 rings (SSSR count). The molecule has 18 heavy (non-hydrogen) atoms. The zero-order valence-electron chi connectivity index (χ0n) is 9.56. The van der Waals surface area contributed by atoms with Crippen LogP contribution in [0.1, 0.15) is 11.1 Å². The van der Waals surface area contributed by atoms with Crippen LogP contribution < -0.4 is 10.5 Å². The van der Waals surface area contributed by atoms with E-state index in [2.05, 4.69) is 22.0 Å². The summed E-state index contributed by atoms with van der Waals surface area (Å²) in [5.41, 5.74) is 7.66. The third kappa shape index (κ3) is 3.02. The van der Waals surface area contributed by atoms with Gasteiger partial charge in [-0.2, -0.15) is 5.26 Å². The molecule has 0 fully saturated rings. The highest BCUT2D eigenvalue weighted by Crippen LogP contribution is 2.22. The predicted molar refractivity (Wildman–Crippen MR) is 74.0 cm³/mol. The normalized spacial score (nSPS) is 9.78. The van der Waals surface area contributed by atoms with Crippen molar-refractivity contribution in [3.8, 4) is 11.8 Å². The fourth-order valence-electron chi connectivity index (χ4n) is 1.55. The lowest BCUT2D eigenvalue weighted by atomic mass is 10.2. The zero-order valence-corrected chi connectivity index (χ0v) is 11.1. The van der Waals surface area contributed by atoms with Gasteiger partial charge in [0.2, 0.25) is 0 Å². The minimum absolute atomic E-state index is 0.415. The molecule has 2 N–H and O–H groups in total. The summed E-state index contributed by atoms with van der Waals surface area (Å²) in [7, 11) is 0. The molecular weight excluding hydrogens is 292 g/mol. The number of nitriles is 1. The van der Waals surface area contributed by atoms with Crippen LogP contribution in [0, 0.1) is 11.3 Å². The van der Waals surface area contributed by atoms with Gasteiger partial charge in [-0.25, -0.2) is 0 Å². The number of ether oxygens (including phenoxy) is 1. The molecule has 2 aromatic rings. The van der Waals surface area contributed by atoms with Gasteiger partial charge in [-0.05, 0) is 35.9 Å². The molecule has 0 saturated heterocycles. The van der Waals surface area contributed by atoms with E-state index in [0.29, 0.717) is 23.6 Å². The minimum Gasteiger partial charge on any atom is -0.488 e. The number of anilines is 1. The molecule has 0 saturated carbocycles. The van der Waals surface area contributed by atoms with Crippen LogP contribution in [0.5, 0.6) is 5.75 Å². The number of nitrogens with zero attached hydrogens (tertiary/aromatic N) is 1. The quantitative estimate of drug-likeness (QED) is 0.883. The maximum atomic E-state index is 8.99. The van der Waals surface area contributed by atoms with Crippen molar-refractivity contribution in [2.24, 2.45) is 0 Å². The summed E-state index contributed by atoms with van der Waals surface area (Å²) in [6.07, 6.45) is 0. The molecule has 0 unspecified atom stereocenters. The number of halogens is 1. The lowest BCUT2D eigenvalue weighted by molar-refractivity contribution is 0.305. The molecule has 0 amide bonds. The summed E-state index contributed by atoms with van der Waals surface area (Å²) in [5, 5.41) is 8.99. The molecule has 0 heterocycles. The summed E-state index contributed by atoms with van der Waals surface area (Å²) < 4.78 is 6.63. The van der Waals surface area contributed by atoms with Crippen LogP contribution in [0.2, 0.25) is 0 Å². The third-order valence-corrected chi connectivity index (χ3v) is 2.90. The topological polar surface area (TPSA) is 59.0 Å². The first-order valence-corrected chi connectivity index (χ1v) is 6.15. The van der Waals surface area contributed by atoms with Gasteiger partial charge in [0.1, 0.15) is 18.4 Å². The van der Waals surface area contributed by atoms with Crippen molar-refractivity contribution < 1.29 is 4.74 Å². The van der Waals surface area contributed by atoms with Crippen molar-refractivity contribution in [2.75, 3.05) is 5.73 Å². The van der Waals surface area contributed by atoms with Crippen LogP contribution in [0.15, 0.2) is 46.9 Å². The van der Waals surface area contributed by atoms with Crippen LogP contribution in [0.25, 0.3) is 0 Å². The van der Waals surface area contributed by atoms with Gasteiger partial charge in [0.05, 0.1) is 5.56 Å². The molecule has 3 nitrogen and oxygen atoms in total. The van der Waals surface area contributed by atoms with Crippen molar-refractivity contribution in [3.63, 3.8) is 0 Å². The number of hydrogen-bond donors (Lipinski definition) is 1. The highest BCUT2D eigenvalue weighted by molar-refractivity contribution is 9.10. The SMILES string of the molecule is N#Cc1cc(N)ccc1OCc1cccc(Br)c1. The van der Waals surface area contributed by atoms with Gasteiger partial charge in [0, 0.05) is 10.2 Å². The zero-order chi connectivity index (χ0) is 13.0. The molecule has 0 spiro atoms. The number of benzene rings is 2. The van der Waals surface area contributed by atoms with Crippen LogP contribution in [-0.2, 0) is 6.61 Å². The number of hydrogen-bond acceptors (Lipinski definition) is 3. The van der Waals surface area contributed by atoms with Crippen molar-refractivity contribution in [1.29, 1.82) is 5.26 Å². The van der Waals surface area contributed by atoms with E-state index in [1.807, 2.05) is 24.3 Å². The fourth-order valence-corrected chi connectivity index (χ4v) is 2.00. The molecule has 0 aliphatic heterocycles. The monoisotopic (exact) mass is 302 g/mol. The van der Waals surface area contributed by atoms with Gasteiger partial charge < -0.3 is 10.5 Å². The first-order valence-electron chi connectivity index (χ1n) is 5.36. The van der Waals surface area contributed by atoms with Crippen LogP contribution in [-0.4, -0.2) is 0 Å². The fraction of sp³-hybridized carbons (Fsp3) is 0.0714. The molecule has 0 radical (unpaired) electrons. The van der Waals surface area contributed by atoms with Crippen molar-refractivity contribution >= 4 is 21.6 Å². The first kappa shape index (κ1) is 12.5. The molecule has 0 atom stereocenters. The van der Waals surface area contributed by atoms with E-state index >= 15 is 0 Å². The van der Waals surface area contributed by atoms with E-state index in [4.69, 9.17) is 15.7 Å². The Morgan fingerprint density at radius 3 is 2.78 bits per heavy atom. The van der Waals surface area contributed by atoms with Gasteiger partial charge in [-0.15, -0.1) is 0 Å². The summed E-state index contributed by atoms with van der Waals surface area (Å²) in [4.78, 5) is 0. The Hall–Kier alpha value is -1.99. The Balaban J connectivity index is 2.14. The van der Waals surface area contributed by atoms with Gasteiger partial charge in [0.15, 0.2) is 0 Å². The second-order valence-corrected chi connectivity index (χ2v) is 4.70. The molecule has 0 aliphatic carbocycles. The van der Waals surface area contributed by atoms with E-state index in [1.165, 1.54) is 0 Å². The Kier molecular flexibility index (Phi) is 3.85. The van der Waals surface area contributed by atoms with E-state index in [1.54, 1.807) is 18.2 Å². The standard InChI is InChI=1S/C14H11BrN2O/c15-12-3-1-2-10(6-12)9-18-14-5-4-13(17)7-11(14)8-16/h1-7H,9,17H2. The lowest BCUT2D eigenvalue weighted by Gasteiger charge is -2.08. The van der Waals surface area contributed by atoms with E-state index in [0.717, 1.165) is 10.0 Å². The molecule has 0 bridgehead atoms. The summed E-state index contributed by atoms with van der Waals surface area (Å²) >= 11 is 3.40. The Labute approximate surface area is 114 Å². The van der Waals surface area contributed by atoms with Crippen molar-refractivity contribution in [1.82, 2.24) is 0 Å². The summed E-state index contributed by atoms with van der Waals surface area (Å²) in [6, 6.07) is 14.9. The predicted octanol–water partition coefficient (Wildman–Crippen LogP) is 3.48.